The van der Waals surface area contributed by atoms with Crippen molar-refractivity contribution in [3.63, 3.8) is 0 Å². The first-order chi connectivity index (χ1) is 28.7. The van der Waals surface area contributed by atoms with Crippen LogP contribution in [0.1, 0.15) is 5.56 Å². The fraction of sp³-hybridized carbons (Fsp3) is 0. The van der Waals surface area contributed by atoms with E-state index in [1.807, 2.05) is 22.7 Å². The molecule has 0 spiro atoms. The average molecular weight is 771 g/mol. The molecule has 3 aliphatic heterocycles. The van der Waals surface area contributed by atoms with Gasteiger partial charge in [0.25, 0.3) is 6.71 Å². The Kier molecular flexibility index (Phi) is 5.91. The second-order valence-electron chi connectivity index (χ2n) is 15.5. The summed E-state index contributed by atoms with van der Waals surface area (Å²) in [6, 6.07) is 62.5. The predicted octanol–water partition coefficient (Wildman–Crippen LogP) is 12.3. The van der Waals surface area contributed by atoms with Gasteiger partial charge in [-0.2, -0.15) is 5.26 Å². The summed E-state index contributed by atoms with van der Waals surface area (Å²) < 4.78 is 7.57. The molecule has 8 aromatic carbocycles. The molecule has 0 atom stereocenters. The van der Waals surface area contributed by atoms with E-state index >= 15 is 0 Å². The maximum absolute atomic E-state index is 10.9. The number of fused-ring (bicyclic) bond motifs is 14. The predicted molar refractivity (Wildman–Crippen MR) is 247 cm³/mol. The summed E-state index contributed by atoms with van der Waals surface area (Å²) in [5.74, 6) is 0. The molecule has 0 amide bonds. The zero-order chi connectivity index (χ0) is 37.8. The Bertz CT molecular complexity index is 3680. The number of hydrogen-bond donors (Lipinski definition) is 0. The molecule has 0 saturated carbocycles. The lowest BCUT2D eigenvalue weighted by atomic mass is 9.36. The third-order valence-corrected chi connectivity index (χ3v) is 15.1. The zero-order valence-corrected chi connectivity index (χ0v) is 32.4. The first-order valence-corrected chi connectivity index (χ1v) is 21.2. The van der Waals surface area contributed by atoms with Crippen LogP contribution in [0.3, 0.4) is 0 Å². The van der Waals surface area contributed by atoms with E-state index in [2.05, 4.69) is 184 Å². The van der Waals surface area contributed by atoms with Crippen molar-refractivity contribution in [1.29, 1.82) is 5.26 Å². The number of hydrogen-bond acceptors (Lipinski definition) is 5. The first-order valence-electron chi connectivity index (χ1n) is 19.6. The second-order valence-corrected chi connectivity index (χ2v) is 17.7. The topological polar surface area (TPSA) is 35.2 Å². The van der Waals surface area contributed by atoms with Gasteiger partial charge < -0.3 is 14.4 Å². The Balaban J connectivity index is 1.15. The van der Waals surface area contributed by atoms with Gasteiger partial charge in [-0.15, -0.1) is 22.7 Å². The van der Waals surface area contributed by atoms with Crippen LogP contribution >= 0.6 is 22.7 Å². The quantitative estimate of drug-likeness (QED) is 0.164. The van der Waals surface area contributed by atoms with Crippen LogP contribution in [0.4, 0.5) is 34.1 Å². The normalized spacial score (nSPS) is 13.4. The molecule has 0 fully saturated rings. The van der Waals surface area contributed by atoms with Crippen LogP contribution in [-0.4, -0.2) is 11.3 Å². The van der Waals surface area contributed by atoms with Gasteiger partial charge >= 0.3 is 0 Å². The third-order valence-electron chi connectivity index (χ3n) is 12.7. The van der Waals surface area contributed by atoms with Gasteiger partial charge in [-0.05, 0) is 76.6 Å². The maximum atomic E-state index is 10.9. The Morgan fingerprint density at radius 3 is 2.03 bits per heavy atom. The van der Waals surface area contributed by atoms with Crippen molar-refractivity contribution in [1.82, 2.24) is 4.57 Å². The molecule has 0 N–H and O–H groups in total. The van der Waals surface area contributed by atoms with Crippen LogP contribution in [0.15, 0.2) is 164 Å². The summed E-state index contributed by atoms with van der Waals surface area (Å²) in [6.45, 7) is -0.0445. The summed E-state index contributed by atoms with van der Waals surface area (Å²) in [5, 5.41) is 17.1. The Labute approximate surface area is 341 Å². The van der Waals surface area contributed by atoms with Crippen LogP contribution in [0.2, 0.25) is 0 Å². The van der Waals surface area contributed by atoms with Crippen molar-refractivity contribution in [2.24, 2.45) is 0 Å². The van der Waals surface area contributed by atoms with E-state index in [-0.39, 0.29) is 6.71 Å². The number of para-hydroxylation sites is 3. The van der Waals surface area contributed by atoms with Crippen molar-refractivity contribution in [3.05, 3.63) is 169 Å². The molecule has 3 aliphatic rings. The van der Waals surface area contributed by atoms with Crippen LogP contribution in [0, 0.1) is 11.3 Å². The molecule has 14 rings (SSSR count). The van der Waals surface area contributed by atoms with Gasteiger partial charge in [0.2, 0.25) is 0 Å². The number of rotatable bonds is 2. The smallest absolute Gasteiger partial charge is 0.264 e. The molecule has 266 valence electrons. The highest BCUT2D eigenvalue weighted by Crippen LogP contribution is 2.55. The minimum atomic E-state index is -0.0445. The largest absolute Gasteiger partial charge is 0.308 e. The molecule has 4 nitrogen and oxygen atoms in total. The summed E-state index contributed by atoms with van der Waals surface area (Å²) in [7, 11) is 0. The van der Waals surface area contributed by atoms with Crippen molar-refractivity contribution < 1.29 is 0 Å². The molecule has 6 heterocycles. The summed E-state index contributed by atoms with van der Waals surface area (Å²) in [5.41, 5.74) is 15.9. The van der Waals surface area contributed by atoms with Gasteiger partial charge in [0.05, 0.1) is 55.8 Å². The van der Waals surface area contributed by atoms with E-state index in [1.54, 1.807) is 0 Å². The molecule has 0 unspecified atom stereocenters. The number of aromatic nitrogens is 1. The van der Waals surface area contributed by atoms with Gasteiger partial charge in [0.15, 0.2) is 0 Å². The fourth-order valence-electron chi connectivity index (χ4n) is 10.4. The molecule has 0 radical (unpaired) electrons. The first kappa shape index (κ1) is 31.0. The summed E-state index contributed by atoms with van der Waals surface area (Å²) >= 11 is 3.77. The molecule has 0 aliphatic carbocycles. The molecule has 3 aromatic heterocycles. The van der Waals surface area contributed by atoms with Crippen LogP contribution in [0.25, 0.3) is 68.9 Å². The molecular formula is C51H27BN4S2. The van der Waals surface area contributed by atoms with Gasteiger partial charge in [-0.1, -0.05) is 109 Å². The highest BCUT2D eigenvalue weighted by Gasteiger charge is 2.48. The van der Waals surface area contributed by atoms with Crippen LogP contribution in [0.5, 0.6) is 0 Å². The van der Waals surface area contributed by atoms with E-state index in [0.29, 0.717) is 5.56 Å². The average Bonchev–Trinajstić information content (AvgIpc) is 3.96. The lowest BCUT2D eigenvalue weighted by Gasteiger charge is -2.45. The highest BCUT2D eigenvalue weighted by atomic mass is 32.1. The standard InChI is InChI=1S/C51H27BN4S2/c53-28-29-25-42-46-43(26-29)56(41-21-9-16-35-33-14-5-7-22-44(33)57-50(35)41)48-36-27-31(30-11-2-1-3-12-30)23-24-45(36)58-51(48)52(46)37-17-10-20-40-49(37)55(42)39-19-8-15-34-32-13-4-6-18-38(32)54(40)47(34)39/h1-27H. The molecule has 7 heteroatoms. The van der Waals surface area contributed by atoms with Crippen LogP contribution in [-0.2, 0) is 0 Å². The Morgan fingerprint density at radius 2 is 1.17 bits per heavy atom. The summed E-state index contributed by atoms with van der Waals surface area (Å²) in [4.78, 5) is 5.00. The van der Waals surface area contributed by atoms with Gasteiger partial charge in [-0.25, -0.2) is 0 Å². The van der Waals surface area contributed by atoms with Crippen molar-refractivity contribution in [2.75, 3.05) is 9.80 Å². The van der Waals surface area contributed by atoms with Gasteiger partial charge in [0, 0.05) is 52.5 Å². The summed E-state index contributed by atoms with van der Waals surface area (Å²) in [6.07, 6.45) is 0. The number of anilines is 6. The third kappa shape index (κ3) is 3.80. The zero-order valence-electron chi connectivity index (χ0n) is 30.8. The van der Waals surface area contributed by atoms with E-state index in [4.69, 9.17) is 0 Å². The van der Waals surface area contributed by atoms with E-state index in [1.165, 1.54) is 96.0 Å². The minimum Gasteiger partial charge on any atom is -0.308 e. The number of benzene rings is 8. The Morgan fingerprint density at radius 1 is 0.483 bits per heavy atom. The fourth-order valence-corrected chi connectivity index (χ4v) is 12.9. The number of nitriles is 1. The van der Waals surface area contributed by atoms with Crippen molar-refractivity contribution in [2.45, 2.75) is 0 Å². The number of nitrogens with zero attached hydrogens (tertiary/aromatic N) is 4. The molecule has 11 aromatic rings. The van der Waals surface area contributed by atoms with E-state index in [0.717, 1.165) is 22.7 Å². The SMILES string of the molecule is N#Cc1cc2c3c(c1)N1c4c(cccc4-n4c5ccccc5c5cccc1c54)B3c1sc3ccc(-c4ccccc4)cc3c1N2c1cccc2c1sc1ccccc12. The molecular weight excluding hydrogens is 744 g/mol. The lowest BCUT2D eigenvalue weighted by Crippen LogP contribution is -2.61. The molecule has 58 heavy (non-hydrogen) atoms. The molecule has 0 saturated heterocycles. The van der Waals surface area contributed by atoms with Gasteiger partial charge in [-0.3, -0.25) is 0 Å². The van der Waals surface area contributed by atoms with Gasteiger partial charge in [0.1, 0.15) is 0 Å². The highest BCUT2D eigenvalue weighted by molar-refractivity contribution is 7.34. The van der Waals surface area contributed by atoms with Crippen LogP contribution < -0.4 is 25.5 Å². The maximum Gasteiger partial charge on any atom is 0.264 e. The monoisotopic (exact) mass is 770 g/mol. The molecule has 0 bridgehead atoms. The van der Waals surface area contributed by atoms with Crippen molar-refractivity contribution in [3.8, 4) is 22.9 Å². The Hall–Kier alpha value is -7.11. The minimum absolute atomic E-state index is 0.0445. The second kappa shape index (κ2) is 11.1. The van der Waals surface area contributed by atoms with E-state index in [9.17, 15) is 5.26 Å². The van der Waals surface area contributed by atoms with Crippen molar-refractivity contribution >= 4 is 131 Å². The number of thiophene rings is 2. The van der Waals surface area contributed by atoms with E-state index < -0.39 is 0 Å². The lowest BCUT2D eigenvalue weighted by molar-refractivity contribution is 1.11.